The smallest absolute Gasteiger partial charge is 0.308 e. The molecule has 46 nitrogen and oxygen atoms in total. The number of methoxy groups -OCH3 is 4. The number of carboxylic acids is 1. The van der Waals surface area contributed by atoms with E-state index in [1.54, 1.807) is 71.6 Å². The molecule has 0 saturated carbocycles. The summed E-state index contributed by atoms with van der Waals surface area (Å²) in [5, 5.41) is 23.8. The molecule has 2 saturated heterocycles. The highest BCUT2D eigenvalue weighted by Gasteiger charge is 2.54. The van der Waals surface area contributed by atoms with E-state index in [0.29, 0.717) is 310 Å². The summed E-state index contributed by atoms with van der Waals surface area (Å²) < 4.78 is 154. The molecule has 2 atom stereocenters. The minimum absolute atomic E-state index is 0.00196. The van der Waals surface area contributed by atoms with Crippen molar-refractivity contribution in [3.63, 3.8) is 0 Å². The highest BCUT2D eigenvalue weighted by molar-refractivity contribution is 9.14. The molecule has 2 aliphatic heterocycles. The van der Waals surface area contributed by atoms with E-state index < -0.39 is 60.6 Å². The first-order valence-electron chi connectivity index (χ1n) is 51.1. The van der Waals surface area contributed by atoms with Gasteiger partial charge in [-0.15, -0.1) is 0 Å². The Kier molecular flexibility index (Phi) is 101. The number of ketones is 2. The van der Waals surface area contributed by atoms with Crippen molar-refractivity contribution < 1.29 is 186 Å². The largest absolute Gasteiger partial charge is 0.481 e. The third kappa shape index (κ3) is 92.0. The quantitative estimate of drug-likeness (QED) is 0.0283. The number of hydrogen-bond donors (Lipinski definition) is 6. The Morgan fingerprint density at radius 1 is 0.259 bits per heavy atom. The predicted octanol–water partition coefficient (Wildman–Crippen LogP) is 4.16. The van der Waals surface area contributed by atoms with Gasteiger partial charge in [0.15, 0.2) is 2.74 Å². The Balaban J connectivity index is 1.77. The fourth-order valence-corrected chi connectivity index (χ4v) is 26.2. The summed E-state index contributed by atoms with van der Waals surface area (Å²) in [5.41, 5.74) is 0. The van der Waals surface area contributed by atoms with E-state index in [9.17, 15) is 48.3 Å². The third-order valence-electron chi connectivity index (χ3n) is 20.3. The van der Waals surface area contributed by atoms with Crippen LogP contribution in [0.2, 0.25) is 0 Å². The lowest BCUT2D eigenvalue weighted by Gasteiger charge is -2.28. The average molecular weight is 2230 g/mol. The monoisotopic (exact) mass is 2230 g/mol. The Bertz CT molecular complexity index is 3140. The zero-order valence-electron chi connectivity index (χ0n) is 87.5. The van der Waals surface area contributed by atoms with Gasteiger partial charge < -0.3 is 174 Å². The minimum Gasteiger partial charge on any atom is -0.481 e. The predicted molar refractivity (Wildman–Crippen MR) is 556 cm³/mol. The van der Waals surface area contributed by atoms with E-state index >= 15 is 4.79 Å². The van der Waals surface area contributed by atoms with Gasteiger partial charge in [-0.3, -0.25) is 47.9 Å². The second-order valence-electron chi connectivity index (χ2n) is 32.2. The van der Waals surface area contributed by atoms with Crippen molar-refractivity contribution in [1.29, 1.82) is 0 Å². The van der Waals surface area contributed by atoms with Gasteiger partial charge in [-0.05, 0) is 73.0 Å². The number of hydrogen-bond acceptors (Lipinski definition) is 44. The summed E-state index contributed by atoms with van der Waals surface area (Å²) in [7, 11) is 16.9. The van der Waals surface area contributed by atoms with Crippen molar-refractivity contribution in [2.45, 2.75) is 123 Å². The van der Waals surface area contributed by atoms with E-state index in [-0.39, 0.29) is 200 Å². The zero-order chi connectivity index (χ0) is 106. The SMILES string of the molecule is COCCOCCOCCOCCCC(=O)CCCNC(=O)CN(CCOCCOCCOCCOC)C(=O)CC[C@H](NC(=O)CCCC(=O)NCCOCCOCCOCCOCCOCCOCCOCCOCCOCCOCCOCCOCCC(=O)NCCCC[C@@H](C(=O)O)C1SSC2(SS1)SS2)C(=O)N(CCOCCOCCOCCOC)CC(=O)NCCCC(=O)CCCOCCOCCOCCOC. The van der Waals surface area contributed by atoms with Crippen LogP contribution in [0.15, 0.2) is 0 Å². The lowest BCUT2D eigenvalue weighted by atomic mass is 10.0. The van der Waals surface area contributed by atoms with Crippen molar-refractivity contribution in [1.82, 2.24) is 36.4 Å². The maximum absolute atomic E-state index is 15.0. The number of ether oxygens (including phenoxy) is 28. The summed E-state index contributed by atoms with van der Waals surface area (Å²) in [6.45, 7) is 18.3. The Labute approximate surface area is 893 Å². The standard InChI is InChI=1S/C95H175N7O39S6/c1-114-34-38-124-54-58-128-48-42-118-28-10-14-82(103)12-8-23-97-89(108)80-101(26-32-122-46-52-132-60-56-126-40-36-116-3)91(110)20-19-85(92(111)102(27-33-123-47-53-133-61-57-127-41-37-117-4)81-90(109)98-24-9-13-83(104)15-11-29-119-43-49-129-59-55-125-39-35-115-2)100-88(107)18-7-17-86(105)99-25-31-121-45-51-131-63-65-135-67-69-137-71-73-139-75-77-141-79-78-140-76-74-138-72-70-136-68-66-134-64-62-130-50-44-120-30-21-87(106)96-22-6-5-16-84(93(112)113)94-142-144-95(145-143-94)146-147-95/h84-85,94H,5-81H2,1-4H3,(H,96,106)(H,97,108)(H,98,109)(H,99,105)(H,100,107)(H,112,113)/t84-,85-/m0/s1. The molecule has 2 aliphatic rings. The van der Waals surface area contributed by atoms with Crippen LogP contribution in [0.4, 0.5) is 0 Å². The van der Waals surface area contributed by atoms with Crippen LogP contribution in [0.3, 0.4) is 0 Å². The van der Waals surface area contributed by atoms with Gasteiger partial charge in [-0.25, -0.2) is 0 Å². The maximum atomic E-state index is 15.0. The zero-order valence-corrected chi connectivity index (χ0v) is 92.4. The van der Waals surface area contributed by atoms with Gasteiger partial charge in [0.1, 0.15) is 17.6 Å². The Morgan fingerprint density at radius 3 is 0.884 bits per heavy atom. The number of carbonyl (C=O) groups is 10. The number of carbonyl (C=O) groups excluding carboxylic acids is 9. The first-order valence-corrected chi connectivity index (χ1v) is 57.7. The van der Waals surface area contributed by atoms with Crippen molar-refractivity contribution in [3.8, 4) is 0 Å². The lowest BCUT2D eigenvalue weighted by molar-refractivity contribution is -0.141. The second-order valence-corrected chi connectivity index (χ2v) is 41.8. The molecule has 0 aromatic rings. The molecule has 0 aromatic carbocycles. The number of amides is 7. The van der Waals surface area contributed by atoms with Crippen LogP contribution < -0.4 is 26.6 Å². The minimum atomic E-state index is -1.41. The fraction of sp³-hybridized carbons (Fsp3) is 0.895. The molecule has 6 N–H and O–H groups in total. The van der Waals surface area contributed by atoms with Gasteiger partial charge in [0.25, 0.3) is 0 Å². The first-order chi connectivity index (χ1) is 72.1. The van der Waals surface area contributed by atoms with Gasteiger partial charge in [0.05, 0.1) is 354 Å². The normalized spacial score (nSPS) is 13.3. The van der Waals surface area contributed by atoms with E-state index in [1.807, 2.05) is 21.6 Å². The van der Waals surface area contributed by atoms with Gasteiger partial charge in [-0.2, -0.15) is 0 Å². The lowest BCUT2D eigenvalue weighted by Crippen LogP contribution is -2.52. The molecule has 7 amide bonds. The van der Waals surface area contributed by atoms with E-state index in [2.05, 4.69) is 26.6 Å². The topological polar surface area (TPSA) is 516 Å². The van der Waals surface area contributed by atoms with E-state index in [4.69, 9.17) is 133 Å². The van der Waals surface area contributed by atoms with E-state index in [0.717, 1.165) is 12.8 Å². The van der Waals surface area contributed by atoms with Gasteiger partial charge in [0.2, 0.25) is 41.4 Å². The van der Waals surface area contributed by atoms with Crippen LogP contribution >= 0.6 is 64.8 Å². The number of rotatable bonds is 117. The number of Topliss-reactive ketones (excluding diaryl/α,β-unsaturated/α-hetero) is 2. The highest BCUT2D eigenvalue weighted by Crippen LogP contribution is 2.84. The molecule has 860 valence electrons. The van der Waals surface area contributed by atoms with Crippen LogP contribution in [-0.2, 0) is 181 Å². The number of nitrogens with zero attached hydrogens (tertiary/aromatic N) is 2. The van der Waals surface area contributed by atoms with Crippen molar-refractivity contribution in [2.24, 2.45) is 5.92 Å². The van der Waals surface area contributed by atoms with Gasteiger partial charge in [0, 0.05) is 132 Å². The summed E-state index contributed by atoms with van der Waals surface area (Å²) >= 11 is 0. The second kappa shape index (κ2) is 106. The molecule has 2 rings (SSSR count). The molecule has 0 unspecified atom stereocenters. The Morgan fingerprint density at radius 2 is 0.537 bits per heavy atom. The molecule has 0 radical (unpaired) electrons. The summed E-state index contributed by atoms with van der Waals surface area (Å²) in [5.74, 6) is -4.63. The Hall–Kier alpha value is -3.92. The van der Waals surface area contributed by atoms with Crippen LogP contribution in [0.25, 0.3) is 0 Å². The summed E-state index contributed by atoms with van der Waals surface area (Å²) in [6, 6.07) is -1.41. The summed E-state index contributed by atoms with van der Waals surface area (Å²) in [6.07, 6.45) is 4.06. The van der Waals surface area contributed by atoms with Crippen LogP contribution in [0, 0.1) is 5.92 Å². The molecular formula is C95H175N7O39S6. The van der Waals surface area contributed by atoms with Crippen molar-refractivity contribution >= 4 is 124 Å². The molecule has 2 fully saturated rings. The molecule has 1 spiro atoms. The van der Waals surface area contributed by atoms with Crippen molar-refractivity contribution in [2.75, 3.05) is 424 Å². The third-order valence-corrected chi connectivity index (χ3v) is 34.2. The molecule has 2 heterocycles. The molecule has 147 heavy (non-hydrogen) atoms. The highest BCUT2D eigenvalue weighted by atomic mass is 33.2. The number of unbranched alkanes of at least 4 members (excludes halogenated alkanes) is 1. The van der Waals surface area contributed by atoms with Crippen LogP contribution in [-0.4, -0.2) is 512 Å². The molecule has 52 heteroatoms. The van der Waals surface area contributed by atoms with E-state index in [1.165, 1.54) is 9.80 Å². The molecular weight excluding hydrogens is 2060 g/mol. The first kappa shape index (κ1) is 139. The molecule has 0 aliphatic carbocycles. The number of nitrogens with one attached hydrogen (secondary N) is 5. The number of aliphatic carboxylic acids is 1. The molecule has 0 aromatic heterocycles. The molecule has 0 bridgehead atoms. The van der Waals surface area contributed by atoms with Gasteiger partial charge in [-0.1, -0.05) is 49.6 Å². The van der Waals surface area contributed by atoms with Crippen molar-refractivity contribution in [3.05, 3.63) is 0 Å². The number of carboxylic acid groups (broad SMARTS) is 1. The van der Waals surface area contributed by atoms with Crippen LogP contribution in [0.1, 0.15) is 109 Å². The summed E-state index contributed by atoms with van der Waals surface area (Å²) in [4.78, 5) is 136. The van der Waals surface area contributed by atoms with Gasteiger partial charge >= 0.3 is 5.97 Å². The maximum Gasteiger partial charge on any atom is 0.308 e. The average Bonchev–Trinajstić information content (AvgIpc) is 1.64. The fourth-order valence-electron chi connectivity index (χ4n) is 12.4. The van der Waals surface area contributed by atoms with Crippen LogP contribution in [0.5, 0.6) is 0 Å².